The Labute approximate surface area is 145 Å². The molecule has 2 aromatic heterocycles. The molecule has 124 valence electrons. The van der Waals surface area contributed by atoms with Gasteiger partial charge in [0.25, 0.3) is 0 Å². The summed E-state index contributed by atoms with van der Waals surface area (Å²) in [5.41, 5.74) is 3.19. The van der Waals surface area contributed by atoms with E-state index in [9.17, 15) is 0 Å². The van der Waals surface area contributed by atoms with Gasteiger partial charge in [0, 0.05) is 49.0 Å². The number of ether oxygens (including phenoxy) is 1. The third-order valence-corrected chi connectivity index (χ3v) is 4.76. The van der Waals surface area contributed by atoms with Gasteiger partial charge in [0.2, 0.25) is 0 Å². The van der Waals surface area contributed by atoms with E-state index in [4.69, 9.17) is 16.3 Å². The van der Waals surface area contributed by atoms with E-state index in [1.54, 1.807) is 0 Å². The molecule has 1 N–H and O–H groups in total. The van der Waals surface area contributed by atoms with Gasteiger partial charge < -0.3 is 10.1 Å². The molecular weight excluding hydrogens is 324 g/mol. The summed E-state index contributed by atoms with van der Waals surface area (Å²) in [6.07, 6.45) is 4.62. The van der Waals surface area contributed by atoms with Crippen LogP contribution in [-0.2, 0) is 18.3 Å². The van der Waals surface area contributed by atoms with Crippen LogP contribution in [0.5, 0.6) is 0 Å². The van der Waals surface area contributed by atoms with E-state index in [2.05, 4.69) is 15.4 Å². The summed E-state index contributed by atoms with van der Waals surface area (Å²) in [5.74, 6) is 0. The van der Waals surface area contributed by atoms with Gasteiger partial charge in [-0.15, -0.1) is 0 Å². The molecule has 1 fully saturated rings. The molecule has 0 amide bonds. The molecule has 1 saturated heterocycles. The van der Waals surface area contributed by atoms with Gasteiger partial charge in [-0.3, -0.25) is 9.67 Å². The number of halogens is 1. The summed E-state index contributed by atoms with van der Waals surface area (Å²) < 4.78 is 7.80. The molecule has 1 aliphatic heterocycles. The SMILES string of the molecule is Cn1nccc1[C@H]1OCC[C@@H]1NCc1cc(Cl)cc2cccnc12. The van der Waals surface area contributed by atoms with Crippen molar-refractivity contribution in [1.82, 2.24) is 20.1 Å². The summed E-state index contributed by atoms with van der Waals surface area (Å²) in [5, 5.41) is 9.66. The Morgan fingerprint density at radius 3 is 3.08 bits per heavy atom. The lowest BCUT2D eigenvalue weighted by Gasteiger charge is -2.20. The van der Waals surface area contributed by atoms with E-state index in [1.165, 1.54) is 0 Å². The van der Waals surface area contributed by atoms with Gasteiger partial charge in [-0.2, -0.15) is 5.10 Å². The first-order valence-corrected chi connectivity index (χ1v) is 8.46. The third-order valence-electron chi connectivity index (χ3n) is 4.55. The van der Waals surface area contributed by atoms with Gasteiger partial charge in [0.1, 0.15) is 6.10 Å². The Balaban J connectivity index is 1.56. The molecule has 1 aliphatic rings. The third kappa shape index (κ3) is 2.90. The van der Waals surface area contributed by atoms with Crippen LogP contribution in [0.1, 0.15) is 23.8 Å². The summed E-state index contributed by atoms with van der Waals surface area (Å²) in [7, 11) is 1.95. The molecule has 2 atom stereocenters. The van der Waals surface area contributed by atoms with Crippen molar-refractivity contribution in [2.24, 2.45) is 7.05 Å². The first-order valence-electron chi connectivity index (χ1n) is 8.08. The highest BCUT2D eigenvalue weighted by atomic mass is 35.5. The van der Waals surface area contributed by atoms with Gasteiger partial charge in [-0.1, -0.05) is 17.7 Å². The van der Waals surface area contributed by atoms with Crippen molar-refractivity contribution in [3.63, 3.8) is 0 Å². The molecule has 6 heteroatoms. The highest BCUT2D eigenvalue weighted by Crippen LogP contribution is 2.29. The molecule has 1 aromatic carbocycles. The van der Waals surface area contributed by atoms with Crippen LogP contribution in [-0.4, -0.2) is 27.4 Å². The van der Waals surface area contributed by atoms with Gasteiger partial charge in [0.15, 0.2) is 0 Å². The van der Waals surface area contributed by atoms with Crippen LogP contribution >= 0.6 is 11.6 Å². The predicted octanol–water partition coefficient (Wildman–Crippen LogP) is 3.24. The molecule has 0 bridgehead atoms. The average molecular weight is 343 g/mol. The smallest absolute Gasteiger partial charge is 0.114 e. The topological polar surface area (TPSA) is 52.0 Å². The Bertz CT molecular complexity index is 863. The molecule has 0 radical (unpaired) electrons. The Morgan fingerprint density at radius 2 is 2.25 bits per heavy atom. The fourth-order valence-electron chi connectivity index (χ4n) is 3.36. The minimum Gasteiger partial charge on any atom is -0.370 e. The van der Waals surface area contributed by atoms with E-state index in [-0.39, 0.29) is 12.1 Å². The highest BCUT2D eigenvalue weighted by molar-refractivity contribution is 6.31. The molecule has 5 nitrogen and oxygen atoms in total. The first kappa shape index (κ1) is 15.6. The number of pyridine rings is 1. The van der Waals surface area contributed by atoms with Crippen molar-refractivity contribution in [1.29, 1.82) is 0 Å². The number of benzene rings is 1. The maximum Gasteiger partial charge on any atom is 0.114 e. The molecule has 0 unspecified atom stereocenters. The van der Waals surface area contributed by atoms with Crippen LogP contribution in [0, 0.1) is 0 Å². The number of hydrogen-bond donors (Lipinski definition) is 1. The maximum absolute atomic E-state index is 6.26. The molecule has 0 spiro atoms. The average Bonchev–Trinajstić information content (AvgIpc) is 3.20. The molecule has 3 aromatic rings. The van der Waals surface area contributed by atoms with Gasteiger partial charge in [-0.25, -0.2) is 0 Å². The second kappa shape index (κ2) is 6.51. The fourth-order valence-corrected chi connectivity index (χ4v) is 3.61. The zero-order chi connectivity index (χ0) is 16.5. The van der Waals surface area contributed by atoms with Gasteiger partial charge in [-0.05, 0) is 36.2 Å². The number of nitrogens with one attached hydrogen (secondary N) is 1. The lowest BCUT2D eigenvalue weighted by atomic mass is 10.1. The van der Waals surface area contributed by atoms with E-state index < -0.39 is 0 Å². The van der Waals surface area contributed by atoms with Crippen molar-refractivity contribution in [3.05, 3.63) is 59.0 Å². The number of fused-ring (bicyclic) bond motifs is 1. The normalized spacial score (nSPS) is 20.8. The van der Waals surface area contributed by atoms with Crippen LogP contribution in [0.4, 0.5) is 0 Å². The number of aromatic nitrogens is 3. The van der Waals surface area contributed by atoms with E-state index >= 15 is 0 Å². The molecule has 4 rings (SSSR count). The standard InChI is InChI=1S/C18H19ClN4O/c1-23-16(4-7-22-23)18-15(5-8-24-18)21-11-13-10-14(19)9-12-3-2-6-20-17(12)13/h2-4,6-7,9-10,15,18,21H,5,8,11H2,1H3/t15-,18-/m0/s1. The number of aryl methyl sites for hydroxylation is 1. The minimum absolute atomic E-state index is 0.0240. The van der Waals surface area contributed by atoms with Gasteiger partial charge >= 0.3 is 0 Å². The van der Waals surface area contributed by atoms with Crippen LogP contribution in [0.15, 0.2) is 42.7 Å². The van der Waals surface area contributed by atoms with Crippen molar-refractivity contribution < 1.29 is 4.74 Å². The Morgan fingerprint density at radius 1 is 1.33 bits per heavy atom. The lowest BCUT2D eigenvalue weighted by Crippen LogP contribution is -2.32. The van der Waals surface area contributed by atoms with Gasteiger partial charge in [0.05, 0.1) is 11.2 Å². The maximum atomic E-state index is 6.26. The van der Waals surface area contributed by atoms with Crippen LogP contribution in [0.2, 0.25) is 5.02 Å². The Kier molecular flexibility index (Phi) is 4.22. The second-order valence-corrected chi connectivity index (χ2v) is 6.52. The predicted molar refractivity (Wildman–Crippen MR) is 93.9 cm³/mol. The number of nitrogens with zero attached hydrogens (tertiary/aromatic N) is 3. The Hall–Kier alpha value is -1.95. The summed E-state index contributed by atoms with van der Waals surface area (Å²) >= 11 is 6.26. The lowest BCUT2D eigenvalue weighted by molar-refractivity contribution is 0.0919. The second-order valence-electron chi connectivity index (χ2n) is 6.09. The molecule has 3 heterocycles. The number of rotatable bonds is 4. The fraction of sp³-hybridized carbons (Fsp3) is 0.333. The minimum atomic E-state index is 0.0240. The highest BCUT2D eigenvalue weighted by Gasteiger charge is 2.31. The summed E-state index contributed by atoms with van der Waals surface area (Å²) in [6.45, 7) is 1.46. The monoisotopic (exact) mass is 342 g/mol. The van der Waals surface area contributed by atoms with E-state index in [1.807, 2.05) is 54.5 Å². The van der Waals surface area contributed by atoms with E-state index in [0.717, 1.165) is 40.2 Å². The molecule has 0 saturated carbocycles. The number of hydrogen-bond acceptors (Lipinski definition) is 4. The van der Waals surface area contributed by atoms with Crippen LogP contribution in [0.25, 0.3) is 10.9 Å². The molecule has 24 heavy (non-hydrogen) atoms. The van der Waals surface area contributed by atoms with Crippen molar-refractivity contribution >= 4 is 22.5 Å². The first-order chi connectivity index (χ1) is 11.7. The zero-order valence-electron chi connectivity index (χ0n) is 13.4. The van der Waals surface area contributed by atoms with E-state index in [0.29, 0.717) is 6.54 Å². The van der Waals surface area contributed by atoms with Crippen molar-refractivity contribution in [2.75, 3.05) is 6.61 Å². The zero-order valence-corrected chi connectivity index (χ0v) is 14.2. The van der Waals surface area contributed by atoms with Crippen LogP contribution in [0.3, 0.4) is 0 Å². The summed E-state index contributed by atoms with van der Waals surface area (Å²) in [4.78, 5) is 4.51. The molecule has 0 aliphatic carbocycles. The van der Waals surface area contributed by atoms with Crippen molar-refractivity contribution in [3.8, 4) is 0 Å². The van der Waals surface area contributed by atoms with Crippen molar-refractivity contribution in [2.45, 2.75) is 25.1 Å². The largest absolute Gasteiger partial charge is 0.370 e. The summed E-state index contributed by atoms with van der Waals surface area (Å²) in [6, 6.07) is 10.2. The quantitative estimate of drug-likeness (QED) is 0.790. The molecular formula is C18H19ClN4O. The van der Waals surface area contributed by atoms with Crippen LogP contribution < -0.4 is 5.32 Å².